The molecule has 3 aromatic heterocycles. The zero-order valence-corrected chi connectivity index (χ0v) is 15.3. The molecule has 6 heteroatoms. The van der Waals surface area contributed by atoms with Crippen LogP contribution in [0.2, 0.25) is 0 Å². The minimum Gasteiger partial charge on any atom is -0.339 e. The Kier molecular flexibility index (Phi) is 3.78. The van der Waals surface area contributed by atoms with E-state index in [0.29, 0.717) is 5.25 Å². The Hall–Kier alpha value is -2.60. The van der Waals surface area contributed by atoms with Crippen molar-refractivity contribution in [3.63, 3.8) is 0 Å². The number of hydrogen-bond donors (Lipinski definition) is 0. The van der Waals surface area contributed by atoms with Crippen molar-refractivity contribution in [2.75, 3.05) is 6.54 Å². The molecule has 0 saturated carbocycles. The molecule has 0 amide bonds. The maximum Gasteiger partial charge on any atom is 0.160 e. The van der Waals surface area contributed by atoms with Gasteiger partial charge in [0.2, 0.25) is 0 Å². The topological polar surface area (TPSA) is 46.3 Å². The van der Waals surface area contributed by atoms with E-state index in [0.717, 1.165) is 23.1 Å². The second kappa shape index (κ2) is 6.29. The minimum absolute atomic E-state index is 0.0155. The lowest BCUT2D eigenvalue weighted by molar-refractivity contribution is 0.312. The molecule has 2 aliphatic heterocycles. The van der Waals surface area contributed by atoms with Crippen LogP contribution in [0.25, 0.3) is 5.69 Å². The van der Waals surface area contributed by atoms with Gasteiger partial charge in [-0.15, -0.1) is 0 Å². The third-order valence-corrected chi connectivity index (χ3v) is 6.01. The van der Waals surface area contributed by atoms with E-state index in [2.05, 4.69) is 50.8 Å². The standard InChI is InChI=1S/C20H19N5S/c1-14-13-25-19(17-6-4-12-24(17)15-7-10-21-11-8-15)18(23-20(25)26-14)16-5-2-3-9-22-16/h2-12,14,18-19H,13H2,1H3/t14-,18+,19-/m1/s1. The van der Waals surface area contributed by atoms with Crippen molar-refractivity contribution < 1.29 is 0 Å². The summed E-state index contributed by atoms with van der Waals surface area (Å²) in [4.78, 5) is 16.3. The van der Waals surface area contributed by atoms with Crippen LogP contribution in [0.3, 0.4) is 0 Å². The molecule has 0 unspecified atom stereocenters. The molecule has 1 fully saturated rings. The lowest BCUT2D eigenvalue weighted by Crippen LogP contribution is -2.30. The SMILES string of the molecule is C[C@@H]1CN2C(=N[C@@H](c3ccccn3)[C@H]2c2cccn2-c2ccncc2)S1. The van der Waals surface area contributed by atoms with Gasteiger partial charge in [0, 0.05) is 48.0 Å². The highest BCUT2D eigenvalue weighted by atomic mass is 32.2. The number of nitrogens with zero attached hydrogens (tertiary/aromatic N) is 5. The average Bonchev–Trinajstić information content (AvgIpc) is 3.37. The zero-order chi connectivity index (χ0) is 17.5. The van der Waals surface area contributed by atoms with Crippen LogP contribution in [-0.2, 0) is 0 Å². The van der Waals surface area contributed by atoms with Crippen molar-refractivity contribution in [1.29, 1.82) is 0 Å². The number of fused-ring (bicyclic) bond motifs is 1. The van der Waals surface area contributed by atoms with E-state index >= 15 is 0 Å². The molecule has 0 radical (unpaired) electrons. The summed E-state index contributed by atoms with van der Waals surface area (Å²) in [7, 11) is 0. The quantitative estimate of drug-likeness (QED) is 0.711. The number of rotatable bonds is 3. The summed E-state index contributed by atoms with van der Waals surface area (Å²) in [6.07, 6.45) is 7.64. The molecule has 0 aliphatic carbocycles. The highest BCUT2D eigenvalue weighted by Crippen LogP contribution is 2.47. The molecule has 5 nitrogen and oxygen atoms in total. The van der Waals surface area contributed by atoms with Crippen molar-refractivity contribution in [2.45, 2.75) is 24.3 Å². The Labute approximate surface area is 156 Å². The summed E-state index contributed by atoms with van der Waals surface area (Å²) >= 11 is 1.87. The summed E-state index contributed by atoms with van der Waals surface area (Å²) in [6, 6.07) is 14.6. The molecule has 0 N–H and O–H groups in total. The molecular formula is C20H19N5S. The van der Waals surface area contributed by atoms with Gasteiger partial charge in [0.1, 0.15) is 6.04 Å². The van der Waals surface area contributed by atoms with Gasteiger partial charge in [-0.2, -0.15) is 0 Å². The predicted octanol–water partition coefficient (Wildman–Crippen LogP) is 3.86. The lowest BCUT2D eigenvalue weighted by Gasteiger charge is -2.28. The Balaban J connectivity index is 1.62. The van der Waals surface area contributed by atoms with Crippen molar-refractivity contribution in [3.05, 3.63) is 78.6 Å². The molecule has 0 spiro atoms. The summed E-state index contributed by atoms with van der Waals surface area (Å²) in [5.74, 6) is 0. The lowest BCUT2D eigenvalue weighted by atomic mass is 10.0. The first-order valence-corrected chi connectivity index (χ1v) is 9.69. The van der Waals surface area contributed by atoms with Gasteiger partial charge in [-0.25, -0.2) is 0 Å². The second-order valence-corrected chi connectivity index (χ2v) is 8.05. The first-order valence-electron chi connectivity index (χ1n) is 8.81. The third kappa shape index (κ3) is 2.52. The fourth-order valence-corrected chi connectivity index (χ4v) is 4.91. The van der Waals surface area contributed by atoms with E-state index < -0.39 is 0 Å². The highest BCUT2D eigenvalue weighted by molar-refractivity contribution is 8.14. The van der Waals surface area contributed by atoms with Crippen LogP contribution in [0.5, 0.6) is 0 Å². The van der Waals surface area contributed by atoms with Gasteiger partial charge in [0.25, 0.3) is 0 Å². The van der Waals surface area contributed by atoms with E-state index in [1.54, 1.807) is 0 Å². The number of amidine groups is 1. The molecule has 2 aliphatic rings. The molecule has 0 bridgehead atoms. The first kappa shape index (κ1) is 15.6. The molecule has 0 aromatic carbocycles. The molecular weight excluding hydrogens is 342 g/mol. The van der Waals surface area contributed by atoms with Gasteiger partial charge in [-0.3, -0.25) is 15.0 Å². The van der Waals surface area contributed by atoms with Crippen LogP contribution in [0, 0.1) is 0 Å². The Morgan fingerprint density at radius 2 is 1.92 bits per heavy atom. The van der Waals surface area contributed by atoms with Gasteiger partial charge >= 0.3 is 0 Å². The first-order chi connectivity index (χ1) is 12.8. The van der Waals surface area contributed by atoms with Gasteiger partial charge in [0.15, 0.2) is 5.17 Å². The van der Waals surface area contributed by atoms with Gasteiger partial charge in [-0.05, 0) is 36.4 Å². The Bertz CT molecular complexity index is 937. The average molecular weight is 361 g/mol. The van der Waals surface area contributed by atoms with Crippen molar-refractivity contribution >= 4 is 16.9 Å². The van der Waals surface area contributed by atoms with Gasteiger partial charge < -0.3 is 9.47 Å². The third-order valence-electron chi connectivity index (χ3n) is 4.91. The molecule has 130 valence electrons. The molecule has 5 rings (SSSR count). The van der Waals surface area contributed by atoms with E-state index in [1.165, 1.54) is 5.69 Å². The summed E-state index contributed by atoms with van der Waals surface area (Å²) in [5.41, 5.74) is 3.38. The highest BCUT2D eigenvalue weighted by Gasteiger charge is 2.44. The number of aliphatic imine (C=N–C) groups is 1. The number of pyridine rings is 2. The summed E-state index contributed by atoms with van der Waals surface area (Å²) in [5, 5.41) is 1.70. The Morgan fingerprint density at radius 1 is 1.04 bits per heavy atom. The smallest absolute Gasteiger partial charge is 0.160 e. The van der Waals surface area contributed by atoms with Gasteiger partial charge in [-0.1, -0.05) is 24.8 Å². The minimum atomic E-state index is 0.0155. The molecule has 3 aromatic rings. The normalized spacial score (nSPS) is 24.6. The van der Waals surface area contributed by atoms with Crippen LogP contribution in [0.4, 0.5) is 0 Å². The zero-order valence-electron chi connectivity index (χ0n) is 14.4. The molecule has 26 heavy (non-hydrogen) atoms. The van der Waals surface area contributed by atoms with E-state index in [-0.39, 0.29) is 12.1 Å². The predicted molar refractivity (Wildman–Crippen MR) is 104 cm³/mol. The van der Waals surface area contributed by atoms with Crippen LogP contribution in [-0.4, -0.2) is 36.4 Å². The number of thioether (sulfide) groups is 1. The number of aromatic nitrogens is 3. The maximum atomic E-state index is 5.06. The van der Waals surface area contributed by atoms with E-state index in [9.17, 15) is 0 Å². The molecule has 5 heterocycles. The van der Waals surface area contributed by atoms with Crippen LogP contribution < -0.4 is 0 Å². The van der Waals surface area contributed by atoms with E-state index in [1.807, 2.05) is 54.6 Å². The van der Waals surface area contributed by atoms with Crippen LogP contribution in [0.15, 0.2) is 72.2 Å². The second-order valence-electron chi connectivity index (χ2n) is 6.65. The van der Waals surface area contributed by atoms with Crippen LogP contribution >= 0.6 is 11.8 Å². The summed E-state index contributed by atoms with van der Waals surface area (Å²) < 4.78 is 2.24. The molecule has 1 saturated heterocycles. The Morgan fingerprint density at radius 3 is 2.73 bits per heavy atom. The molecule has 3 atom stereocenters. The monoisotopic (exact) mass is 361 g/mol. The largest absolute Gasteiger partial charge is 0.339 e. The number of hydrogen-bond acceptors (Lipinski definition) is 5. The van der Waals surface area contributed by atoms with Crippen LogP contribution in [0.1, 0.15) is 30.4 Å². The van der Waals surface area contributed by atoms with Crippen molar-refractivity contribution in [3.8, 4) is 5.69 Å². The fourth-order valence-electron chi connectivity index (χ4n) is 3.81. The van der Waals surface area contributed by atoms with E-state index in [4.69, 9.17) is 4.99 Å². The fraction of sp³-hybridized carbons (Fsp3) is 0.250. The van der Waals surface area contributed by atoms with Crippen molar-refractivity contribution in [1.82, 2.24) is 19.4 Å². The summed E-state index contributed by atoms with van der Waals surface area (Å²) in [6.45, 7) is 3.28. The maximum absolute atomic E-state index is 5.06. The van der Waals surface area contributed by atoms with Gasteiger partial charge in [0.05, 0.1) is 11.7 Å². The van der Waals surface area contributed by atoms with Crippen molar-refractivity contribution in [2.24, 2.45) is 4.99 Å².